The summed E-state index contributed by atoms with van der Waals surface area (Å²) < 4.78 is 30.6. The monoisotopic (exact) mass is 362 g/mol. The van der Waals surface area contributed by atoms with Gasteiger partial charge >= 0.3 is 0 Å². The molecule has 6 nitrogen and oxygen atoms in total. The summed E-state index contributed by atoms with van der Waals surface area (Å²) in [4.78, 5) is 12.3. The molecule has 1 atom stereocenters. The summed E-state index contributed by atoms with van der Waals surface area (Å²) in [5.41, 5.74) is 1.82. The summed E-state index contributed by atoms with van der Waals surface area (Å²) >= 11 is 0. The van der Waals surface area contributed by atoms with E-state index in [1.54, 1.807) is 18.2 Å². The van der Waals surface area contributed by atoms with Crippen LogP contribution in [0.4, 0.5) is 5.69 Å². The van der Waals surface area contributed by atoms with Crippen LogP contribution in [0.2, 0.25) is 0 Å². The second kappa shape index (κ2) is 8.02. The zero-order valence-corrected chi connectivity index (χ0v) is 15.3. The number of nitrogens with one attached hydrogen (secondary N) is 2. The first-order chi connectivity index (χ1) is 11.7. The van der Waals surface area contributed by atoms with Crippen LogP contribution in [0.15, 0.2) is 48.5 Å². The summed E-state index contributed by atoms with van der Waals surface area (Å²) in [5.74, 6) is 0.456. The number of anilines is 1. The Morgan fingerprint density at radius 3 is 2.56 bits per heavy atom. The molecule has 134 valence electrons. The fourth-order valence-corrected chi connectivity index (χ4v) is 2.77. The number of hydrogen-bond acceptors (Lipinski definition) is 4. The zero-order valence-electron chi connectivity index (χ0n) is 14.4. The van der Waals surface area contributed by atoms with Crippen LogP contribution in [-0.4, -0.2) is 33.2 Å². The summed E-state index contributed by atoms with van der Waals surface area (Å²) in [7, 11) is -3.39. The third kappa shape index (κ3) is 6.46. The third-order valence-electron chi connectivity index (χ3n) is 3.30. The van der Waals surface area contributed by atoms with Gasteiger partial charge in [0.05, 0.1) is 12.3 Å². The van der Waals surface area contributed by atoms with Crippen LogP contribution in [0.25, 0.3) is 0 Å². The van der Waals surface area contributed by atoms with Crippen molar-refractivity contribution in [3.63, 3.8) is 0 Å². The molecule has 0 aliphatic rings. The van der Waals surface area contributed by atoms with Crippen LogP contribution >= 0.6 is 0 Å². The summed E-state index contributed by atoms with van der Waals surface area (Å²) in [6.07, 6.45) is 1.06. The molecule has 1 unspecified atom stereocenters. The first-order valence-electron chi connectivity index (χ1n) is 7.81. The fourth-order valence-electron chi connectivity index (χ4n) is 2.21. The lowest BCUT2D eigenvalue weighted by molar-refractivity contribution is 0.0926. The van der Waals surface area contributed by atoms with Gasteiger partial charge in [-0.2, -0.15) is 0 Å². The molecule has 7 heteroatoms. The molecule has 2 aromatic rings. The molecule has 0 bridgehead atoms. The van der Waals surface area contributed by atoms with Gasteiger partial charge < -0.3 is 10.1 Å². The van der Waals surface area contributed by atoms with Crippen molar-refractivity contribution in [1.82, 2.24) is 5.32 Å². The van der Waals surface area contributed by atoms with Crippen LogP contribution in [0.5, 0.6) is 5.75 Å². The van der Waals surface area contributed by atoms with Crippen molar-refractivity contribution in [3.05, 3.63) is 59.7 Å². The molecule has 0 aliphatic carbocycles. The van der Waals surface area contributed by atoms with Crippen LogP contribution in [-0.2, 0) is 10.0 Å². The number of aryl methyl sites for hydroxylation is 1. The van der Waals surface area contributed by atoms with Gasteiger partial charge in [-0.15, -0.1) is 0 Å². The first-order valence-corrected chi connectivity index (χ1v) is 9.70. The van der Waals surface area contributed by atoms with Gasteiger partial charge in [0.25, 0.3) is 5.91 Å². The highest BCUT2D eigenvalue weighted by Gasteiger charge is 2.12. The smallest absolute Gasteiger partial charge is 0.251 e. The van der Waals surface area contributed by atoms with Crippen molar-refractivity contribution < 1.29 is 17.9 Å². The maximum absolute atomic E-state index is 12.3. The van der Waals surface area contributed by atoms with Crippen LogP contribution < -0.4 is 14.8 Å². The van der Waals surface area contributed by atoms with E-state index in [2.05, 4.69) is 10.0 Å². The quantitative estimate of drug-likeness (QED) is 0.793. The number of rotatable bonds is 7. The van der Waals surface area contributed by atoms with Crippen LogP contribution in [0, 0.1) is 6.92 Å². The van der Waals surface area contributed by atoms with E-state index in [9.17, 15) is 13.2 Å². The molecule has 0 aromatic heterocycles. The standard InChI is InChI=1S/C18H22N2O4S/c1-13-6-4-9-17(10-13)24-12-14(2)19-18(21)15-7-5-8-16(11-15)20-25(3,22)23/h4-11,14,20H,12H2,1-3H3,(H,19,21). The van der Waals surface area contributed by atoms with Crippen molar-refractivity contribution in [1.29, 1.82) is 0 Å². The SMILES string of the molecule is Cc1cccc(OCC(C)NC(=O)c2cccc(NS(C)(=O)=O)c2)c1. The molecule has 0 fully saturated rings. The number of hydrogen-bond donors (Lipinski definition) is 2. The van der Waals surface area contributed by atoms with Crippen molar-refractivity contribution in [3.8, 4) is 5.75 Å². The van der Waals surface area contributed by atoms with Crippen molar-refractivity contribution >= 4 is 21.6 Å². The number of benzene rings is 2. The Hall–Kier alpha value is -2.54. The number of carbonyl (C=O) groups excluding carboxylic acids is 1. The Labute approximate surface area is 148 Å². The van der Waals surface area contributed by atoms with E-state index in [1.165, 1.54) is 6.07 Å². The molecule has 25 heavy (non-hydrogen) atoms. The Balaban J connectivity index is 1.93. The lowest BCUT2D eigenvalue weighted by Gasteiger charge is -2.16. The van der Waals surface area contributed by atoms with Gasteiger partial charge in [0.2, 0.25) is 10.0 Å². The Morgan fingerprint density at radius 1 is 1.16 bits per heavy atom. The molecule has 2 N–H and O–H groups in total. The van der Waals surface area contributed by atoms with Gasteiger partial charge in [0.1, 0.15) is 12.4 Å². The molecule has 2 aromatic carbocycles. The largest absolute Gasteiger partial charge is 0.491 e. The lowest BCUT2D eigenvalue weighted by Crippen LogP contribution is -2.36. The van der Waals surface area contributed by atoms with Gasteiger partial charge in [0.15, 0.2) is 0 Å². The number of ether oxygens (including phenoxy) is 1. The topological polar surface area (TPSA) is 84.5 Å². The van der Waals surface area contributed by atoms with Gasteiger partial charge in [-0.25, -0.2) is 8.42 Å². The maximum Gasteiger partial charge on any atom is 0.251 e. The predicted octanol–water partition coefficient (Wildman–Crippen LogP) is 2.56. The molecule has 0 saturated carbocycles. The summed E-state index contributed by atoms with van der Waals surface area (Å²) in [6.45, 7) is 4.15. The highest BCUT2D eigenvalue weighted by Crippen LogP contribution is 2.14. The first kappa shape index (κ1) is 18.8. The van der Waals surface area contributed by atoms with E-state index < -0.39 is 10.0 Å². The molecule has 0 aliphatic heterocycles. The van der Waals surface area contributed by atoms with Crippen molar-refractivity contribution in [2.24, 2.45) is 0 Å². The highest BCUT2D eigenvalue weighted by atomic mass is 32.2. The normalized spacial score (nSPS) is 12.3. The number of carbonyl (C=O) groups is 1. The average molecular weight is 362 g/mol. The molecule has 0 heterocycles. The van der Waals surface area contributed by atoms with E-state index in [0.717, 1.165) is 17.6 Å². The third-order valence-corrected chi connectivity index (χ3v) is 3.90. The van der Waals surface area contributed by atoms with E-state index in [0.29, 0.717) is 17.9 Å². The summed E-state index contributed by atoms with van der Waals surface area (Å²) in [5, 5.41) is 2.83. The molecular formula is C18H22N2O4S. The minimum atomic E-state index is -3.39. The molecular weight excluding hydrogens is 340 g/mol. The van der Waals surface area contributed by atoms with E-state index >= 15 is 0 Å². The number of amides is 1. The average Bonchev–Trinajstić information content (AvgIpc) is 2.51. The molecule has 2 rings (SSSR count). The Bertz CT molecular complexity index is 850. The molecule has 1 amide bonds. The predicted molar refractivity (Wildman–Crippen MR) is 98.5 cm³/mol. The van der Waals surface area contributed by atoms with Crippen LogP contribution in [0.3, 0.4) is 0 Å². The van der Waals surface area contributed by atoms with Gasteiger partial charge in [-0.3, -0.25) is 9.52 Å². The Kier molecular flexibility index (Phi) is 6.03. The minimum absolute atomic E-state index is 0.209. The highest BCUT2D eigenvalue weighted by molar-refractivity contribution is 7.92. The number of sulfonamides is 1. The second-order valence-corrected chi connectivity index (χ2v) is 7.71. The van der Waals surface area contributed by atoms with Crippen LogP contribution in [0.1, 0.15) is 22.8 Å². The minimum Gasteiger partial charge on any atom is -0.491 e. The van der Waals surface area contributed by atoms with Crippen molar-refractivity contribution in [2.75, 3.05) is 17.6 Å². The van der Waals surface area contributed by atoms with E-state index in [4.69, 9.17) is 4.74 Å². The van der Waals surface area contributed by atoms with Gasteiger partial charge in [-0.05, 0) is 49.7 Å². The Morgan fingerprint density at radius 2 is 1.88 bits per heavy atom. The molecule has 0 spiro atoms. The van der Waals surface area contributed by atoms with E-state index in [-0.39, 0.29) is 11.9 Å². The molecule has 0 saturated heterocycles. The van der Waals surface area contributed by atoms with Crippen molar-refractivity contribution in [2.45, 2.75) is 19.9 Å². The van der Waals surface area contributed by atoms with E-state index in [1.807, 2.05) is 38.1 Å². The van der Waals surface area contributed by atoms with Gasteiger partial charge in [0, 0.05) is 11.3 Å². The van der Waals surface area contributed by atoms with Gasteiger partial charge in [-0.1, -0.05) is 18.2 Å². The fraction of sp³-hybridized carbons (Fsp3) is 0.278. The molecule has 0 radical (unpaired) electrons. The maximum atomic E-state index is 12.3. The second-order valence-electron chi connectivity index (χ2n) is 5.96. The lowest BCUT2D eigenvalue weighted by atomic mass is 10.2. The zero-order chi connectivity index (χ0) is 18.4. The summed E-state index contributed by atoms with van der Waals surface area (Å²) in [6, 6.07) is 13.8.